The van der Waals surface area contributed by atoms with E-state index >= 15 is 0 Å². The van der Waals surface area contributed by atoms with Crippen LogP contribution in [0.3, 0.4) is 0 Å². The zero-order valence-corrected chi connectivity index (χ0v) is 18.0. The van der Waals surface area contributed by atoms with Crippen molar-refractivity contribution in [2.45, 2.75) is 19.8 Å². The van der Waals surface area contributed by atoms with Crippen molar-refractivity contribution in [2.24, 2.45) is 0 Å². The topological polar surface area (TPSA) is 0 Å². The number of unbranched alkanes of at least 4 members (excludes halogenated alkanes) is 1. The second-order valence-electron chi connectivity index (χ2n) is 5.89. The first-order chi connectivity index (χ1) is 11.4. The van der Waals surface area contributed by atoms with E-state index in [-0.39, 0.29) is 22.3 Å². The number of hydrogen-bond acceptors (Lipinski definition) is 0. The van der Waals surface area contributed by atoms with Crippen molar-refractivity contribution < 1.29 is 0 Å². The highest BCUT2D eigenvalue weighted by Crippen LogP contribution is 2.55. The van der Waals surface area contributed by atoms with Crippen LogP contribution >= 0.6 is 29.6 Å². The van der Waals surface area contributed by atoms with Crippen LogP contribution in [0.15, 0.2) is 91.0 Å². The molecule has 0 N–H and O–H groups in total. The molecule has 0 heterocycles. The van der Waals surface area contributed by atoms with Gasteiger partial charge in [0.15, 0.2) is 0 Å². The van der Waals surface area contributed by atoms with Gasteiger partial charge in [-0.2, -0.15) is 9.90 Å². The number of benzene rings is 3. The summed E-state index contributed by atoms with van der Waals surface area (Å²) in [5, 5.41) is 4.47. The van der Waals surface area contributed by atoms with E-state index in [1.807, 2.05) is 0 Å². The fourth-order valence-electron chi connectivity index (χ4n) is 3.28. The van der Waals surface area contributed by atoms with Crippen LogP contribution in [0.2, 0.25) is 0 Å². The van der Waals surface area contributed by atoms with Gasteiger partial charge in [0.1, 0.15) is 23.2 Å². The van der Waals surface area contributed by atoms with Crippen molar-refractivity contribution in [1.29, 1.82) is 0 Å². The molecule has 0 spiro atoms. The molecular formula is C22H28ClP2+. The van der Waals surface area contributed by atoms with Crippen molar-refractivity contribution >= 4 is 45.5 Å². The summed E-state index contributed by atoms with van der Waals surface area (Å²) in [4.78, 5) is 0. The fraction of sp³-hybridized carbons (Fsp3) is 0.182. The Kier molecular flexibility index (Phi) is 9.37. The Bertz CT molecular complexity index is 618. The summed E-state index contributed by atoms with van der Waals surface area (Å²) in [5.74, 6) is 0. The molecule has 0 bridgehead atoms. The predicted octanol–water partition coefficient (Wildman–Crippen LogP) is 5.26. The molecule has 0 radical (unpaired) electrons. The summed E-state index contributed by atoms with van der Waals surface area (Å²) < 4.78 is 0. The van der Waals surface area contributed by atoms with Crippen LogP contribution in [0, 0.1) is 0 Å². The SMILES string of the molecule is CCCC[P+](c1ccccc1)(c1ccccc1)c1ccccc1.Cl.P. The summed E-state index contributed by atoms with van der Waals surface area (Å²) in [6.07, 6.45) is 3.72. The quantitative estimate of drug-likeness (QED) is 0.504. The highest BCUT2D eigenvalue weighted by Gasteiger charge is 2.44. The zero-order valence-electron chi connectivity index (χ0n) is 14.8. The molecule has 0 aromatic heterocycles. The van der Waals surface area contributed by atoms with Gasteiger partial charge in [0.25, 0.3) is 0 Å². The van der Waals surface area contributed by atoms with Crippen LogP contribution in [0.1, 0.15) is 19.8 Å². The van der Waals surface area contributed by atoms with Crippen LogP contribution in [0.5, 0.6) is 0 Å². The molecular weight excluding hydrogens is 362 g/mol. The first kappa shape index (κ1) is 21.9. The van der Waals surface area contributed by atoms with E-state index in [0.717, 1.165) is 0 Å². The third kappa shape index (κ3) is 4.71. The van der Waals surface area contributed by atoms with E-state index in [4.69, 9.17) is 0 Å². The smallest absolute Gasteiger partial charge is 0.112 e. The maximum absolute atomic E-state index is 2.32. The summed E-state index contributed by atoms with van der Waals surface area (Å²) in [7, 11) is -1.57. The van der Waals surface area contributed by atoms with E-state index in [9.17, 15) is 0 Å². The lowest BCUT2D eigenvalue weighted by Gasteiger charge is -2.27. The maximum atomic E-state index is 2.32. The minimum Gasteiger partial charge on any atom is -0.153 e. The Morgan fingerprint density at radius 3 is 1.20 bits per heavy atom. The lowest BCUT2D eigenvalue weighted by Crippen LogP contribution is -2.33. The van der Waals surface area contributed by atoms with Crippen LogP contribution in [-0.4, -0.2) is 6.16 Å². The molecule has 0 aliphatic heterocycles. The highest BCUT2D eigenvalue weighted by atomic mass is 35.5. The molecule has 0 fully saturated rings. The van der Waals surface area contributed by atoms with Crippen LogP contribution in [0.4, 0.5) is 0 Å². The molecule has 0 amide bonds. The van der Waals surface area contributed by atoms with Gasteiger partial charge >= 0.3 is 0 Å². The first-order valence-electron chi connectivity index (χ1n) is 8.43. The third-order valence-corrected chi connectivity index (χ3v) is 8.96. The molecule has 3 aromatic carbocycles. The lowest BCUT2D eigenvalue weighted by atomic mass is 10.3. The Morgan fingerprint density at radius 1 is 0.600 bits per heavy atom. The minimum atomic E-state index is -1.57. The van der Waals surface area contributed by atoms with Gasteiger partial charge in [-0.15, -0.1) is 12.4 Å². The van der Waals surface area contributed by atoms with E-state index in [1.54, 1.807) is 0 Å². The molecule has 3 rings (SSSR count). The number of hydrogen-bond donors (Lipinski definition) is 0. The van der Waals surface area contributed by atoms with Gasteiger partial charge in [-0.25, -0.2) is 0 Å². The monoisotopic (exact) mass is 389 g/mol. The number of halogens is 1. The van der Waals surface area contributed by atoms with Crippen molar-refractivity contribution in [2.75, 3.05) is 6.16 Å². The molecule has 0 nitrogen and oxygen atoms in total. The molecule has 3 aromatic rings. The van der Waals surface area contributed by atoms with Crippen molar-refractivity contribution in [3.05, 3.63) is 91.0 Å². The van der Waals surface area contributed by atoms with E-state index in [0.29, 0.717) is 0 Å². The first-order valence-corrected chi connectivity index (χ1v) is 10.4. The maximum Gasteiger partial charge on any atom is 0.112 e. The molecule has 0 saturated heterocycles. The van der Waals surface area contributed by atoms with Crippen LogP contribution < -0.4 is 15.9 Å². The third-order valence-electron chi connectivity index (χ3n) is 4.44. The highest BCUT2D eigenvalue weighted by molar-refractivity contribution is 7.95. The molecule has 25 heavy (non-hydrogen) atoms. The van der Waals surface area contributed by atoms with Gasteiger partial charge in [-0.05, 0) is 42.8 Å². The van der Waals surface area contributed by atoms with Crippen molar-refractivity contribution in [3.63, 3.8) is 0 Å². The molecule has 0 aliphatic carbocycles. The Hall–Kier alpha value is -1.19. The molecule has 0 saturated carbocycles. The molecule has 3 heteroatoms. The molecule has 0 aliphatic rings. The van der Waals surface area contributed by atoms with Crippen molar-refractivity contribution in [3.8, 4) is 0 Å². The van der Waals surface area contributed by atoms with Crippen LogP contribution in [-0.2, 0) is 0 Å². The average molecular weight is 390 g/mol. The van der Waals surface area contributed by atoms with E-state index in [2.05, 4.69) is 97.9 Å². The normalized spacial score (nSPS) is 10.4. The van der Waals surface area contributed by atoms with Gasteiger partial charge < -0.3 is 0 Å². The predicted molar refractivity (Wildman–Crippen MR) is 123 cm³/mol. The minimum absolute atomic E-state index is 0. The fourth-order valence-corrected chi connectivity index (χ4v) is 7.78. The molecule has 1 atom stereocenters. The van der Waals surface area contributed by atoms with Gasteiger partial charge in [0.2, 0.25) is 0 Å². The Balaban J connectivity index is 0.00000156. The summed E-state index contributed by atoms with van der Waals surface area (Å²) in [6.45, 7) is 2.29. The van der Waals surface area contributed by atoms with Gasteiger partial charge in [-0.3, -0.25) is 0 Å². The average Bonchev–Trinajstić information content (AvgIpc) is 2.65. The Labute approximate surface area is 162 Å². The summed E-state index contributed by atoms with van der Waals surface area (Å²) >= 11 is 0. The second-order valence-corrected chi connectivity index (χ2v) is 9.51. The largest absolute Gasteiger partial charge is 0.153 e. The molecule has 132 valence electrons. The summed E-state index contributed by atoms with van der Waals surface area (Å²) in [5.41, 5.74) is 0. The lowest BCUT2D eigenvalue weighted by molar-refractivity contribution is 0.891. The van der Waals surface area contributed by atoms with Gasteiger partial charge in [0.05, 0.1) is 6.16 Å². The van der Waals surface area contributed by atoms with Crippen molar-refractivity contribution in [1.82, 2.24) is 0 Å². The standard InChI is InChI=1S/C22H24P.ClH.H3P/c1-2-3-19-23(20-13-7-4-8-14-20,21-15-9-5-10-16-21)22-17-11-6-12-18-22;;/h4-18H,2-3,19H2,1H3;1H;1H3/q+1;;. The zero-order chi connectivity index (χ0) is 16.0. The molecule has 1 unspecified atom stereocenters. The number of rotatable bonds is 6. The second kappa shape index (κ2) is 10.7. The van der Waals surface area contributed by atoms with Crippen LogP contribution in [0.25, 0.3) is 0 Å². The van der Waals surface area contributed by atoms with Gasteiger partial charge in [-0.1, -0.05) is 67.9 Å². The Morgan fingerprint density at radius 2 is 0.920 bits per heavy atom. The van der Waals surface area contributed by atoms with E-state index in [1.165, 1.54) is 34.9 Å². The summed E-state index contributed by atoms with van der Waals surface area (Å²) in [6, 6.07) is 33.4. The van der Waals surface area contributed by atoms with Gasteiger partial charge in [0, 0.05) is 0 Å². The van der Waals surface area contributed by atoms with E-state index < -0.39 is 7.26 Å².